The lowest BCUT2D eigenvalue weighted by atomic mass is 10.2. The topological polar surface area (TPSA) is 99.9 Å². The summed E-state index contributed by atoms with van der Waals surface area (Å²) < 4.78 is 31.2. The molecule has 0 fully saturated rings. The van der Waals surface area contributed by atoms with Gasteiger partial charge in [0.15, 0.2) is 0 Å². The van der Waals surface area contributed by atoms with Crippen LogP contribution in [-0.4, -0.2) is 37.1 Å². The predicted octanol–water partition coefficient (Wildman–Crippen LogP) is 3.73. The molecule has 1 aromatic carbocycles. The number of aryl methyl sites for hydroxylation is 1. The zero-order valence-electron chi connectivity index (χ0n) is 14.9. The van der Waals surface area contributed by atoms with Gasteiger partial charge >= 0.3 is 0 Å². The zero-order chi connectivity index (χ0) is 18.6. The smallest absolute Gasteiger partial charge is 0.249 e. The molecule has 0 atom stereocenters. The number of benzene rings is 1. The van der Waals surface area contributed by atoms with Crippen LogP contribution in [0.1, 0.15) is 26.6 Å². The summed E-state index contributed by atoms with van der Waals surface area (Å²) in [5.41, 5.74) is 1.65. The third-order valence-electron chi connectivity index (χ3n) is 3.39. The zero-order valence-corrected chi connectivity index (χ0v) is 16.5. The maximum atomic E-state index is 12.2. The van der Waals surface area contributed by atoms with Gasteiger partial charge in [0.2, 0.25) is 15.2 Å². The standard InChI is InChI=1S/C15H22N6O2S2/c1-6-14-16-15(24-19-14)18-17-12-8-7-11(21(4)5)9-13(12)20-25(22,23)10(2)3/h7-10,20H,6H2,1-5H3. The van der Waals surface area contributed by atoms with Crippen LogP contribution in [0, 0.1) is 0 Å². The van der Waals surface area contributed by atoms with E-state index in [1.807, 2.05) is 32.0 Å². The van der Waals surface area contributed by atoms with Gasteiger partial charge in [0.05, 0.1) is 10.9 Å². The second-order valence-electron chi connectivity index (χ2n) is 5.84. The Hall–Kier alpha value is -2.07. The first-order chi connectivity index (χ1) is 11.7. The summed E-state index contributed by atoms with van der Waals surface area (Å²) in [5.74, 6) is 0.711. The number of nitrogens with one attached hydrogen (secondary N) is 1. The number of rotatable bonds is 7. The highest BCUT2D eigenvalue weighted by molar-refractivity contribution is 7.93. The fourth-order valence-electron chi connectivity index (χ4n) is 1.77. The third-order valence-corrected chi connectivity index (χ3v) is 5.77. The van der Waals surface area contributed by atoms with E-state index in [2.05, 4.69) is 24.3 Å². The minimum atomic E-state index is -3.49. The minimum absolute atomic E-state index is 0.379. The van der Waals surface area contributed by atoms with Crippen molar-refractivity contribution in [2.45, 2.75) is 32.4 Å². The fourth-order valence-corrected chi connectivity index (χ4v) is 3.05. The molecule has 2 aromatic rings. The highest BCUT2D eigenvalue weighted by atomic mass is 32.2. The summed E-state index contributed by atoms with van der Waals surface area (Å²) in [6.07, 6.45) is 0.725. The van der Waals surface area contributed by atoms with Crippen LogP contribution < -0.4 is 9.62 Å². The van der Waals surface area contributed by atoms with Crippen molar-refractivity contribution in [2.75, 3.05) is 23.7 Å². The summed E-state index contributed by atoms with van der Waals surface area (Å²) >= 11 is 1.16. The number of sulfonamides is 1. The summed E-state index contributed by atoms with van der Waals surface area (Å²) in [7, 11) is 0.265. The third kappa shape index (κ3) is 4.95. The molecule has 10 heteroatoms. The lowest BCUT2D eigenvalue weighted by Gasteiger charge is -2.17. The van der Waals surface area contributed by atoms with Gasteiger partial charge in [-0.05, 0) is 32.0 Å². The van der Waals surface area contributed by atoms with Gasteiger partial charge in [-0.25, -0.2) is 13.4 Å². The molecule has 1 heterocycles. The quantitative estimate of drug-likeness (QED) is 0.735. The van der Waals surface area contributed by atoms with Crippen LogP contribution in [0.4, 0.5) is 22.2 Å². The van der Waals surface area contributed by atoms with Crippen molar-refractivity contribution in [3.05, 3.63) is 24.0 Å². The summed E-state index contributed by atoms with van der Waals surface area (Å²) in [6, 6.07) is 5.30. The second-order valence-corrected chi connectivity index (χ2v) is 8.81. The number of nitrogens with zero attached hydrogens (tertiary/aromatic N) is 5. The lowest BCUT2D eigenvalue weighted by Crippen LogP contribution is -2.22. The van der Waals surface area contributed by atoms with Crippen molar-refractivity contribution in [1.29, 1.82) is 0 Å². The van der Waals surface area contributed by atoms with E-state index in [1.54, 1.807) is 26.0 Å². The molecule has 0 aliphatic rings. The van der Waals surface area contributed by atoms with Crippen LogP contribution in [0.25, 0.3) is 0 Å². The van der Waals surface area contributed by atoms with Crippen LogP contribution >= 0.6 is 11.5 Å². The number of anilines is 2. The molecule has 2 rings (SSSR count). The molecule has 8 nitrogen and oxygen atoms in total. The number of hydrogen-bond donors (Lipinski definition) is 1. The van der Waals surface area contributed by atoms with Gasteiger partial charge < -0.3 is 4.90 Å². The van der Waals surface area contributed by atoms with Crippen molar-refractivity contribution in [1.82, 2.24) is 9.36 Å². The molecule has 0 saturated carbocycles. The summed E-state index contributed by atoms with van der Waals surface area (Å²) in [6.45, 7) is 5.20. The number of azo groups is 1. The molecule has 0 saturated heterocycles. The molecular formula is C15H22N6O2S2. The maximum absolute atomic E-state index is 12.2. The van der Waals surface area contributed by atoms with Crippen LogP contribution in [-0.2, 0) is 16.4 Å². The SMILES string of the molecule is CCc1nsc(N=Nc2ccc(N(C)C)cc2NS(=O)(=O)C(C)C)n1. The molecule has 0 unspecified atom stereocenters. The van der Waals surface area contributed by atoms with Crippen LogP contribution in [0.2, 0.25) is 0 Å². The first-order valence-corrected chi connectivity index (χ1v) is 10.1. The molecule has 25 heavy (non-hydrogen) atoms. The Labute approximate surface area is 152 Å². The highest BCUT2D eigenvalue weighted by Gasteiger charge is 2.18. The van der Waals surface area contributed by atoms with Gasteiger partial charge in [-0.2, -0.15) is 4.37 Å². The lowest BCUT2D eigenvalue weighted by molar-refractivity contribution is 0.593. The largest absolute Gasteiger partial charge is 0.378 e. The Morgan fingerprint density at radius 3 is 2.56 bits per heavy atom. The van der Waals surface area contributed by atoms with E-state index in [0.29, 0.717) is 22.3 Å². The van der Waals surface area contributed by atoms with E-state index in [0.717, 1.165) is 23.6 Å². The fraction of sp³-hybridized carbons (Fsp3) is 0.467. The second kappa shape index (κ2) is 7.87. The van der Waals surface area contributed by atoms with E-state index in [9.17, 15) is 8.42 Å². The first-order valence-electron chi connectivity index (χ1n) is 7.80. The summed E-state index contributed by atoms with van der Waals surface area (Å²) in [4.78, 5) is 6.10. The van der Waals surface area contributed by atoms with E-state index in [4.69, 9.17) is 0 Å². The molecule has 0 aliphatic heterocycles. The molecule has 0 spiro atoms. The average molecular weight is 383 g/mol. The molecule has 136 valence electrons. The van der Waals surface area contributed by atoms with Crippen LogP contribution in [0.3, 0.4) is 0 Å². The van der Waals surface area contributed by atoms with Crippen molar-refractivity contribution in [3.8, 4) is 0 Å². The molecule has 0 aliphatic carbocycles. The molecule has 0 bridgehead atoms. The maximum Gasteiger partial charge on any atom is 0.249 e. The van der Waals surface area contributed by atoms with Gasteiger partial charge in [-0.3, -0.25) is 4.72 Å². The first kappa shape index (κ1) is 19.3. The number of hydrogen-bond acceptors (Lipinski definition) is 8. The van der Waals surface area contributed by atoms with Gasteiger partial charge in [-0.1, -0.05) is 6.92 Å². The number of aromatic nitrogens is 2. The molecule has 1 aromatic heterocycles. The monoisotopic (exact) mass is 382 g/mol. The van der Waals surface area contributed by atoms with Gasteiger partial charge in [0.1, 0.15) is 11.5 Å². The van der Waals surface area contributed by atoms with E-state index in [-0.39, 0.29) is 0 Å². The Balaban J connectivity index is 2.38. The van der Waals surface area contributed by atoms with Gasteiger partial charge in [0.25, 0.3) is 0 Å². The van der Waals surface area contributed by atoms with Gasteiger partial charge in [-0.15, -0.1) is 10.2 Å². The van der Waals surface area contributed by atoms with Gasteiger partial charge in [0, 0.05) is 37.7 Å². The van der Waals surface area contributed by atoms with E-state index >= 15 is 0 Å². The molecule has 0 radical (unpaired) electrons. The summed E-state index contributed by atoms with van der Waals surface area (Å²) in [5, 5.41) is 8.11. The van der Waals surface area contributed by atoms with Crippen LogP contribution in [0.5, 0.6) is 0 Å². The molecular weight excluding hydrogens is 360 g/mol. The van der Waals surface area contributed by atoms with Crippen molar-refractivity contribution in [2.24, 2.45) is 10.2 Å². The van der Waals surface area contributed by atoms with E-state index < -0.39 is 15.3 Å². The minimum Gasteiger partial charge on any atom is -0.378 e. The van der Waals surface area contributed by atoms with E-state index in [1.165, 1.54) is 0 Å². The van der Waals surface area contributed by atoms with Crippen LogP contribution in [0.15, 0.2) is 28.4 Å². The molecule has 1 N–H and O–H groups in total. The molecule has 0 amide bonds. The van der Waals surface area contributed by atoms with Crippen molar-refractivity contribution >= 4 is 43.7 Å². The van der Waals surface area contributed by atoms with Crippen molar-refractivity contribution in [3.63, 3.8) is 0 Å². The highest BCUT2D eigenvalue weighted by Crippen LogP contribution is 2.32. The normalized spacial score (nSPS) is 12.1. The predicted molar refractivity (Wildman–Crippen MR) is 102 cm³/mol. The Kier molecular flexibility index (Phi) is 6.07. The van der Waals surface area contributed by atoms with Crippen molar-refractivity contribution < 1.29 is 8.42 Å². The Morgan fingerprint density at radius 2 is 2.00 bits per heavy atom. The average Bonchev–Trinajstić information content (AvgIpc) is 3.01. The Bertz CT molecular complexity index is 859. The Morgan fingerprint density at radius 1 is 1.28 bits per heavy atom.